The smallest absolute Gasteiger partial charge is 0.335 e. The number of hydrogen-bond donors (Lipinski definition) is 2. The molecule has 6 nitrogen and oxygen atoms in total. The molecule has 1 aliphatic heterocycles. The van der Waals surface area contributed by atoms with Crippen molar-refractivity contribution in [3.8, 4) is 5.75 Å². The number of phenols is 1. The van der Waals surface area contributed by atoms with Crippen molar-refractivity contribution in [2.24, 2.45) is 4.99 Å². The number of halogens is 2. The number of aromatic hydroxyl groups is 1. The number of carbonyl (C=O) groups excluding carboxylic acids is 1. The van der Waals surface area contributed by atoms with Crippen molar-refractivity contribution in [1.29, 1.82) is 0 Å². The summed E-state index contributed by atoms with van der Waals surface area (Å²) in [5.74, 6) is -1.04. The number of likely N-dealkylation sites (N-methyl/N-ethyl adjacent to an activating group) is 1. The van der Waals surface area contributed by atoms with Gasteiger partial charge in [-0.15, -0.1) is 0 Å². The van der Waals surface area contributed by atoms with E-state index in [4.69, 9.17) is 5.11 Å². The van der Waals surface area contributed by atoms with Gasteiger partial charge in [0.15, 0.2) is 5.17 Å². The molecule has 1 fully saturated rings. The number of phenolic OH excluding ortho intramolecular Hbond substituents is 1. The highest BCUT2D eigenvalue weighted by molar-refractivity contribution is 14.1. The average molecular weight is 620 g/mol. The molecule has 2 aromatic carbocycles. The van der Waals surface area contributed by atoms with Gasteiger partial charge in [-0.25, -0.2) is 9.79 Å². The fraction of sp³-hybridized carbons (Fsp3) is 0.105. The number of carbonyl (C=O) groups is 2. The molecule has 0 saturated carbocycles. The third-order valence-corrected chi connectivity index (χ3v) is 6.34. The Morgan fingerprint density at radius 1 is 1.25 bits per heavy atom. The van der Waals surface area contributed by atoms with Gasteiger partial charge in [-0.3, -0.25) is 9.69 Å². The maximum Gasteiger partial charge on any atom is 0.335 e. The minimum Gasteiger partial charge on any atom is -0.506 e. The second kappa shape index (κ2) is 8.82. The van der Waals surface area contributed by atoms with Crippen LogP contribution in [0, 0.1) is 7.14 Å². The number of aromatic carboxylic acids is 1. The molecule has 9 heteroatoms. The van der Waals surface area contributed by atoms with Crippen LogP contribution in [0.5, 0.6) is 5.75 Å². The SMILES string of the molecule is CCN1C(=O)/C(=C/c2cc(I)cc(I)c2O)SC1=Nc1ccc(C(=O)O)cc1. The van der Waals surface area contributed by atoms with Gasteiger partial charge in [0.25, 0.3) is 5.91 Å². The molecule has 2 aromatic rings. The number of benzene rings is 2. The second-order valence-electron chi connectivity index (χ2n) is 5.73. The van der Waals surface area contributed by atoms with E-state index >= 15 is 0 Å². The third-order valence-electron chi connectivity index (χ3n) is 3.89. The summed E-state index contributed by atoms with van der Waals surface area (Å²) in [6.45, 7) is 2.31. The van der Waals surface area contributed by atoms with Gasteiger partial charge in [-0.2, -0.15) is 0 Å². The molecular formula is C19H14I2N2O4S. The molecule has 2 N–H and O–H groups in total. The first kappa shape index (κ1) is 21.1. The molecule has 0 radical (unpaired) electrons. The van der Waals surface area contributed by atoms with E-state index in [0.29, 0.717) is 31.4 Å². The monoisotopic (exact) mass is 620 g/mol. The van der Waals surface area contributed by atoms with Crippen LogP contribution in [-0.2, 0) is 4.79 Å². The van der Waals surface area contributed by atoms with Crippen LogP contribution in [0.3, 0.4) is 0 Å². The Hall–Kier alpha value is -1.60. The number of aliphatic imine (C=N–C) groups is 1. The van der Waals surface area contributed by atoms with Crippen molar-refractivity contribution in [2.75, 3.05) is 6.54 Å². The first-order valence-corrected chi connectivity index (χ1v) is 11.1. The molecule has 0 unspecified atom stereocenters. The first-order chi connectivity index (χ1) is 13.3. The molecule has 144 valence electrons. The quantitative estimate of drug-likeness (QED) is 0.375. The van der Waals surface area contributed by atoms with Gasteiger partial charge in [0.1, 0.15) is 5.75 Å². The van der Waals surface area contributed by atoms with Crippen molar-refractivity contribution in [3.63, 3.8) is 0 Å². The molecule has 0 atom stereocenters. The van der Waals surface area contributed by atoms with Crippen LogP contribution in [-0.4, -0.2) is 38.7 Å². The maximum absolute atomic E-state index is 12.8. The number of carboxylic acid groups (broad SMARTS) is 1. The highest BCUT2D eigenvalue weighted by Crippen LogP contribution is 2.36. The highest BCUT2D eigenvalue weighted by Gasteiger charge is 2.32. The first-order valence-electron chi connectivity index (χ1n) is 8.11. The molecular weight excluding hydrogens is 606 g/mol. The molecule has 0 bridgehead atoms. The lowest BCUT2D eigenvalue weighted by molar-refractivity contribution is -0.122. The minimum atomic E-state index is -1.00. The molecule has 28 heavy (non-hydrogen) atoms. The summed E-state index contributed by atoms with van der Waals surface area (Å²) >= 11 is 5.45. The van der Waals surface area contributed by atoms with Gasteiger partial charge in [-0.05, 0) is 106 Å². The zero-order valence-electron chi connectivity index (χ0n) is 14.5. The summed E-state index contributed by atoms with van der Waals surface area (Å²) in [5, 5.41) is 19.8. The predicted molar refractivity (Wildman–Crippen MR) is 127 cm³/mol. The van der Waals surface area contributed by atoms with E-state index in [2.05, 4.69) is 50.2 Å². The number of amidine groups is 1. The molecule has 0 spiro atoms. The molecule has 1 heterocycles. The average Bonchev–Trinajstić information content (AvgIpc) is 2.94. The van der Waals surface area contributed by atoms with Crippen molar-refractivity contribution in [2.45, 2.75) is 6.92 Å². The Balaban J connectivity index is 1.95. The van der Waals surface area contributed by atoms with Crippen molar-refractivity contribution >= 4 is 85.8 Å². The van der Waals surface area contributed by atoms with Gasteiger partial charge in [-0.1, -0.05) is 0 Å². The van der Waals surface area contributed by atoms with E-state index in [1.54, 1.807) is 23.1 Å². The van der Waals surface area contributed by atoms with Crippen LogP contribution in [0.25, 0.3) is 6.08 Å². The maximum atomic E-state index is 12.8. The zero-order valence-corrected chi connectivity index (χ0v) is 19.6. The summed E-state index contributed by atoms with van der Waals surface area (Å²) in [6.07, 6.45) is 1.67. The number of rotatable bonds is 4. The lowest BCUT2D eigenvalue weighted by Gasteiger charge is -2.12. The van der Waals surface area contributed by atoms with Crippen LogP contribution in [0.2, 0.25) is 0 Å². The zero-order chi connectivity index (χ0) is 20.4. The van der Waals surface area contributed by atoms with E-state index in [0.717, 1.165) is 3.57 Å². The fourth-order valence-corrected chi connectivity index (χ4v) is 5.44. The Morgan fingerprint density at radius 2 is 1.93 bits per heavy atom. The highest BCUT2D eigenvalue weighted by atomic mass is 127. The predicted octanol–water partition coefficient (Wildman–Crippen LogP) is 4.92. The van der Waals surface area contributed by atoms with Gasteiger partial charge in [0.05, 0.1) is 19.7 Å². The van der Waals surface area contributed by atoms with Gasteiger partial charge in [0.2, 0.25) is 0 Å². The third kappa shape index (κ3) is 4.51. The summed E-state index contributed by atoms with van der Waals surface area (Å²) in [7, 11) is 0. The number of thioether (sulfide) groups is 1. The van der Waals surface area contributed by atoms with Crippen LogP contribution in [0.1, 0.15) is 22.8 Å². The van der Waals surface area contributed by atoms with Crippen molar-refractivity contribution < 1.29 is 19.8 Å². The van der Waals surface area contributed by atoms with E-state index < -0.39 is 5.97 Å². The summed E-state index contributed by atoms with van der Waals surface area (Å²) in [6, 6.07) is 9.82. The van der Waals surface area contributed by atoms with Crippen LogP contribution in [0.4, 0.5) is 5.69 Å². The summed E-state index contributed by atoms with van der Waals surface area (Å²) in [4.78, 5) is 30.2. The van der Waals surface area contributed by atoms with Gasteiger partial charge >= 0.3 is 5.97 Å². The van der Waals surface area contributed by atoms with E-state index in [-0.39, 0.29) is 17.2 Å². The van der Waals surface area contributed by atoms with Crippen LogP contribution < -0.4 is 0 Å². The minimum absolute atomic E-state index is 0.139. The molecule has 1 amide bonds. The normalized spacial score (nSPS) is 17.0. The molecule has 1 aliphatic rings. The number of amides is 1. The number of nitrogens with zero attached hydrogens (tertiary/aromatic N) is 2. The molecule has 3 rings (SSSR count). The fourth-order valence-electron chi connectivity index (χ4n) is 2.50. The largest absolute Gasteiger partial charge is 0.506 e. The summed E-state index contributed by atoms with van der Waals surface area (Å²) in [5.41, 5.74) is 1.32. The van der Waals surface area contributed by atoms with Crippen molar-refractivity contribution in [1.82, 2.24) is 4.90 Å². The van der Waals surface area contributed by atoms with Crippen LogP contribution >= 0.6 is 56.9 Å². The van der Waals surface area contributed by atoms with Gasteiger partial charge in [0, 0.05) is 15.7 Å². The molecule has 0 aliphatic carbocycles. The second-order valence-corrected chi connectivity index (χ2v) is 9.15. The lowest BCUT2D eigenvalue weighted by atomic mass is 10.2. The van der Waals surface area contributed by atoms with E-state index in [9.17, 15) is 14.7 Å². The Labute approximate surface area is 193 Å². The van der Waals surface area contributed by atoms with Crippen LogP contribution in [0.15, 0.2) is 46.3 Å². The van der Waals surface area contributed by atoms with Gasteiger partial charge < -0.3 is 10.2 Å². The standard InChI is InChI=1S/C19H14I2N2O4S/c1-2-23-17(25)15(8-11-7-12(20)9-14(21)16(11)24)28-19(23)22-13-5-3-10(4-6-13)18(26)27/h3-9,24H,2H2,1H3,(H,26,27)/b15-8-,22-19?. The Morgan fingerprint density at radius 3 is 2.54 bits per heavy atom. The topological polar surface area (TPSA) is 90.2 Å². The van der Waals surface area contributed by atoms with Crippen molar-refractivity contribution in [3.05, 3.63) is 59.6 Å². The van der Waals surface area contributed by atoms with E-state index in [1.807, 2.05) is 19.1 Å². The number of hydrogen-bond acceptors (Lipinski definition) is 5. The molecule has 0 aromatic heterocycles. The summed E-state index contributed by atoms with van der Waals surface area (Å²) < 4.78 is 1.67. The Bertz CT molecular complexity index is 1020. The van der Waals surface area contributed by atoms with E-state index in [1.165, 1.54) is 23.9 Å². The number of carboxylic acids is 1. The molecule has 1 saturated heterocycles. The lowest BCUT2D eigenvalue weighted by Crippen LogP contribution is -2.28. The Kier molecular flexibility index (Phi) is 6.65.